The predicted octanol–water partition coefficient (Wildman–Crippen LogP) is 1.20. The minimum Gasteiger partial charge on any atom is -0.345 e. The average molecular weight is 245 g/mol. The van der Waals surface area contributed by atoms with Crippen molar-refractivity contribution < 1.29 is 14.4 Å². The number of hydrogen-bond acceptors (Lipinski definition) is 3. The highest BCUT2D eigenvalue weighted by molar-refractivity contribution is 7.96. The maximum Gasteiger partial charge on any atom is 0.223 e. The van der Waals surface area contributed by atoms with E-state index in [1.54, 1.807) is 27.7 Å². The highest BCUT2D eigenvalue weighted by Gasteiger charge is 2.23. The lowest BCUT2D eigenvalue weighted by Gasteiger charge is -2.17. The molecule has 0 aromatic carbocycles. The van der Waals surface area contributed by atoms with Crippen LogP contribution in [0.25, 0.3) is 0 Å². The summed E-state index contributed by atoms with van der Waals surface area (Å²) in [6.45, 7) is 6.96. The summed E-state index contributed by atoms with van der Waals surface area (Å²) < 4.78 is 0. The minimum atomic E-state index is -0.812. The number of rotatable bonds is 6. The molecule has 0 aliphatic rings. The van der Waals surface area contributed by atoms with Crippen molar-refractivity contribution in [2.75, 3.05) is 0 Å². The van der Waals surface area contributed by atoms with E-state index in [1.165, 1.54) is 0 Å². The van der Waals surface area contributed by atoms with E-state index in [1.807, 2.05) is 0 Å². The molecule has 92 valence electrons. The molecule has 0 saturated carbocycles. The summed E-state index contributed by atoms with van der Waals surface area (Å²) in [6, 6.07) is -0.812. The summed E-state index contributed by atoms with van der Waals surface area (Å²) in [4.78, 5) is 34.0. The number of Topliss-reactive ketones (excluding diaryl/α,β-unsaturated/α-hetero) is 1. The molecular formula is C11H19NO3S. The molecule has 0 bridgehead atoms. The second-order valence-electron chi connectivity index (χ2n) is 4.38. The van der Waals surface area contributed by atoms with Crippen molar-refractivity contribution in [2.45, 2.75) is 40.2 Å². The van der Waals surface area contributed by atoms with Gasteiger partial charge in [-0.05, 0) is 0 Å². The number of nitrogens with one attached hydrogen (secondary N) is 1. The monoisotopic (exact) mass is 245 g/mol. The first-order valence-electron chi connectivity index (χ1n) is 5.31. The first kappa shape index (κ1) is 15.2. The fourth-order valence-corrected chi connectivity index (χ4v) is 1.13. The molecule has 5 heteroatoms. The van der Waals surface area contributed by atoms with Gasteiger partial charge in [-0.15, -0.1) is 12.6 Å². The number of hydrogen-bond donors (Lipinski definition) is 2. The number of thiol groups is 1. The summed E-state index contributed by atoms with van der Waals surface area (Å²) in [6.07, 6.45) is 0.0124. The topological polar surface area (TPSA) is 63.2 Å². The summed E-state index contributed by atoms with van der Waals surface area (Å²) in [5.41, 5.74) is 0. The van der Waals surface area contributed by atoms with Crippen LogP contribution in [0, 0.1) is 11.8 Å². The molecule has 1 amide bonds. The molecule has 16 heavy (non-hydrogen) atoms. The molecular weight excluding hydrogens is 226 g/mol. The van der Waals surface area contributed by atoms with Crippen LogP contribution in [-0.4, -0.2) is 22.8 Å². The Hall–Kier alpha value is -0.840. The smallest absolute Gasteiger partial charge is 0.223 e. The predicted molar refractivity (Wildman–Crippen MR) is 65.2 cm³/mol. The van der Waals surface area contributed by atoms with E-state index in [0.29, 0.717) is 0 Å². The Morgan fingerprint density at radius 1 is 1.06 bits per heavy atom. The van der Waals surface area contributed by atoms with Gasteiger partial charge in [-0.1, -0.05) is 27.7 Å². The van der Waals surface area contributed by atoms with E-state index >= 15 is 0 Å². The van der Waals surface area contributed by atoms with Gasteiger partial charge in [0, 0.05) is 18.3 Å². The molecule has 0 spiro atoms. The molecule has 0 unspecified atom stereocenters. The van der Waals surface area contributed by atoms with Crippen molar-refractivity contribution in [1.29, 1.82) is 0 Å². The Balaban J connectivity index is 4.46. The Bertz CT molecular complexity index is 265. The van der Waals surface area contributed by atoms with Gasteiger partial charge >= 0.3 is 0 Å². The van der Waals surface area contributed by atoms with Gasteiger partial charge in [0.05, 0.1) is 0 Å². The van der Waals surface area contributed by atoms with Crippen molar-refractivity contribution in [3.63, 3.8) is 0 Å². The van der Waals surface area contributed by atoms with Gasteiger partial charge in [-0.25, -0.2) is 0 Å². The van der Waals surface area contributed by atoms with Crippen LogP contribution in [0.5, 0.6) is 0 Å². The number of carbonyl (C=O) groups is 3. The molecule has 1 N–H and O–H groups in total. The molecule has 0 saturated heterocycles. The van der Waals surface area contributed by atoms with Crippen LogP contribution in [0.3, 0.4) is 0 Å². The van der Waals surface area contributed by atoms with Crippen LogP contribution in [0.4, 0.5) is 0 Å². The normalized spacial score (nSPS) is 12.7. The standard InChI is InChI=1S/C11H19NO3S/c1-6(2)9(13)5-8(11(15)16)12-10(14)7(3)4/h6-8H,5H2,1-4H3,(H,12,14)(H,15,16)/t8-/m1/s1. The molecule has 0 aliphatic carbocycles. The van der Waals surface area contributed by atoms with E-state index in [-0.39, 0.29) is 29.9 Å². The Labute approximate surface area is 102 Å². The molecule has 0 aromatic heterocycles. The van der Waals surface area contributed by atoms with Crippen molar-refractivity contribution in [1.82, 2.24) is 5.32 Å². The Kier molecular flexibility index (Phi) is 6.33. The second-order valence-corrected chi connectivity index (χ2v) is 4.82. The maximum absolute atomic E-state index is 11.5. The Morgan fingerprint density at radius 2 is 1.56 bits per heavy atom. The first-order valence-corrected chi connectivity index (χ1v) is 5.76. The maximum atomic E-state index is 11.5. The number of ketones is 1. The quantitative estimate of drug-likeness (QED) is 0.691. The average Bonchev–Trinajstić information content (AvgIpc) is 2.15. The van der Waals surface area contributed by atoms with E-state index in [0.717, 1.165) is 0 Å². The minimum absolute atomic E-state index is 0.0124. The van der Waals surface area contributed by atoms with Gasteiger partial charge in [-0.2, -0.15) is 0 Å². The van der Waals surface area contributed by atoms with Crippen LogP contribution >= 0.6 is 12.6 Å². The zero-order valence-corrected chi connectivity index (χ0v) is 11.0. The molecule has 4 nitrogen and oxygen atoms in total. The van der Waals surface area contributed by atoms with E-state index < -0.39 is 11.2 Å². The lowest BCUT2D eigenvalue weighted by Crippen LogP contribution is -2.42. The molecule has 0 aliphatic heterocycles. The molecule has 0 heterocycles. The van der Waals surface area contributed by atoms with E-state index in [2.05, 4.69) is 17.9 Å². The lowest BCUT2D eigenvalue weighted by molar-refractivity contribution is -0.129. The van der Waals surface area contributed by atoms with E-state index in [9.17, 15) is 14.4 Å². The third-order valence-corrected chi connectivity index (χ3v) is 2.50. The first-order chi connectivity index (χ1) is 7.25. The molecule has 0 radical (unpaired) electrons. The second kappa shape index (κ2) is 6.68. The number of carbonyl (C=O) groups excluding carboxylic acids is 3. The third kappa shape index (κ3) is 5.30. The van der Waals surface area contributed by atoms with Gasteiger partial charge in [0.1, 0.15) is 11.8 Å². The highest BCUT2D eigenvalue weighted by atomic mass is 32.1. The van der Waals surface area contributed by atoms with Crippen LogP contribution in [0.1, 0.15) is 34.1 Å². The van der Waals surface area contributed by atoms with Gasteiger partial charge in [0.25, 0.3) is 0 Å². The highest BCUT2D eigenvalue weighted by Crippen LogP contribution is 2.06. The van der Waals surface area contributed by atoms with Crippen LogP contribution < -0.4 is 5.32 Å². The van der Waals surface area contributed by atoms with Gasteiger partial charge in [0.2, 0.25) is 11.0 Å². The zero-order valence-electron chi connectivity index (χ0n) is 10.1. The van der Waals surface area contributed by atoms with Crippen molar-refractivity contribution >= 4 is 29.4 Å². The molecule has 1 atom stereocenters. The van der Waals surface area contributed by atoms with Crippen molar-refractivity contribution in [3.05, 3.63) is 0 Å². The van der Waals surface area contributed by atoms with Crippen LogP contribution in [-0.2, 0) is 14.4 Å². The Morgan fingerprint density at radius 3 is 1.88 bits per heavy atom. The molecule has 0 fully saturated rings. The largest absolute Gasteiger partial charge is 0.345 e. The zero-order chi connectivity index (χ0) is 12.9. The summed E-state index contributed by atoms with van der Waals surface area (Å²) >= 11 is 3.67. The fraction of sp³-hybridized carbons (Fsp3) is 0.727. The van der Waals surface area contributed by atoms with Crippen molar-refractivity contribution in [2.24, 2.45) is 11.8 Å². The summed E-state index contributed by atoms with van der Waals surface area (Å²) in [5, 5.41) is 2.03. The summed E-state index contributed by atoms with van der Waals surface area (Å²) in [7, 11) is 0. The van der Waals surface area contributed by atoms with Crippen molar-refractivity contribution in [3.8, 4) is 0 Å². The van der Waals surface area contributed by atoms with Gasteiger partial charge in [0.15, 0.2) is 0 Å². The summed E-state index contributed by atoms with van der Waals surface area (Å²) in [5.74, 6) is -0.670. The SMILES string of the molecule is CC(C)C(=O)C[C@@H](NC(=O)C(C)C)C(=O)S. The third-order valence-electron chi connectivity index (χ3n) is 2.19. The lowest BCUT2D eigenvalue weighted by atomic mass is 10.0. The van der Waals surface area contributed by atoms with Gasteiger partial charge in [-0.3, -0.25) is 14.4 Å². The van der Waals surface area contributed by atoms with Crippen LogP contribution in [0.2, 0.25) is 0 Å². The number of amides is 1. The fourth-order valence-electron chi connectivity index (χ4n) is 0.975. The van der Waals surface area contributed by atoms with Crippen LogP contribution in [0.15, 0.2) is 0 Å². The van der Waals surface area contributed by atoms with Gasteiger partial charge < -0.3 is 5.32 Å². The molecule has 0 rings (SSSR count). The van der Waals surface area contributed by atoms with E-state index in [4.69, 9.17) is 0 Å². The molecule has 0 aromatic rings.